The van der Waals surface area contributed by atoms with E-state index >= 15 is 0 Å². The average Bonchev–Trinajstić information content (AvgIpc) is 2.93. The van der Waals surface area contributed by atoms with Crippen LogP contribution in [0.1, 0.15) is 17.8 Å². The van der Waals surface area contributed by atoms with Crippen molar-refractivity contribution in [3.05, 3.63) is 41.1 Å². The van der Waals surface area contributed by atoms with Crippen molar-refractivity contribution < 1.29 is 0 Å². The van der Waals surface area contributed by atoms with Crippen molar-refractivity contribution in [1.82, 2.24) is 14.5 Å². The van der Waals surface area contributed by atoms with Crippen LogP contribution in [-0.4, -0.2) is 21.1 Å². The molecule has 0 saturated carbocycles. The van der Waals surface area contributed by atoms with Gasteiger partial charge in [-0.15, -0.1) is 0 Å². The lowest BCUT2D eigenvalue weighted by Gasteiger charge is -2.24. The topological polar surface area (TPSA) is 66.5 Å². The lowest BCUT2D eigenvalue weighted by atomic mass is 9.99. The molecule has 1 aliphatic heterocycles. The molecule has 0 bridgehead atoms. The van der Waals surface area contributed by atoms with E-state index in [-0.39, 0.29) is 0 Å². The minimum atomic E-state index is 0.473. The van der Waals surface area contributed by atoms with Gasteiger partial charge in [0.1, 0.15) is 17.7 Å². The Labute approximate surface area is 122 Å². The summed E-state index contributed by atoms with van der Waals surface area (Å²) in [6, 6.07) is 3.65. The van der Waals surface area contributed by atoms with Gasteiger partial charge in [0, 0.05) is 38.1 Å². The highest BCUT2D eigenvalue weighted by molar-refractivity contribution is 6.33. The number of halogens is 1. The summed E-state index contributed by atoms with van der Waals surface area (Å²) in [6.45, 7) is 1.78. The van der Waals surface area contributed by atoms with Crippen LogP contribution in [0, 0.1) is 17.2 Å². The lowest BCUT2D eigenvalue weighted by molar-refractivity contribution is 0.381. The van der Waals surface area contributed by atoms with Gasteiger partial charge in [-0.2, -0.15) is 5.26 Å². The zero-order valence-electron chi connectivity index (χ0n) is 10.9. The summed E-state index contributed by atoms with van der Waals surface area (Å²) in [5, 5.41) is 12.5. The monoisotopic (exact) mass is 287 g/mol. The van der Waals surface area contributed by atoms with Gasteiger partial charge < -0.3 is 9.88 Å². The molecule has 20 heavy (non-hydrogen) atoms. The smallest absolute Gasteiger partial charge is 0.144 e. The second kappa shape index (κ2) is 5.51. The first kappa shape index (κ1) is 12.9. The molecule has 0 radical (unpaired) electrons. The number of nitrogens with one attached hydrogen (secondary N) is 1. The summed E-state index contributed by atoms with van der Waals surface area (Å²) in [4.78, 5) is 8.50. The van der Waals surface area contributed by atoms with Crippen LogP contribution in [0.3, 0.4) is 0 Å². The summed E-state index contributed by atoms with van der Waals surface area (Å²) < 4.78 is 2.20. The van der Waals surface area contributed by atoms with Crippen LogP contribution < -0.4 is 5.32 Å². The van der Waals surface area contributed by atoms with Crippen LogP contribution in [0.15, 0.2) is 24.7 Å². The Kier molecular flexibility index (Phi) is 3.57. The van der Waals surface area contributed by atoms with Gasteiger partial charge in [-0.05, 0) is 18.4 Å². The van der Waals surface area contributed by atoms with Crippen molar-refractivity contribution in [2.24, 2.45) is 5.92 Å². The fourth-order valence-electron chi connectivity index (χ4n) is 2.47. The minimum Gasteiger partial charge on any atom is -0.368 e. The van der Waals surface area contributed by atoms with E-state index in [1.807, 2.05) is 18.5 Å². The second-order valence-electron chi connectivity index (χ2n) is 4.95. The van der Waals surface area contributed by atoms with Crippen LogP contribution >= 0.6 is 11.6 Å². The maximum absolute atomic E-state index is 8.78. The first-order valence-electron chi connectivity index (χ1n) is 6.56. The SMILES string of the molecule is N#Cc1cnc(NC[C@H]2CCc3nccn3C2)c(Cl)c1. The van der Waals surface area contributed by atoms with Gasteiger partial charge in [0.05, 0.1) is 10.6 Å². The van der Waals surface area contributed by atoms with E-state index in [0.29, 0.717) is 22.3 Å². The number of nitriles is 1. The Hall–Kier alpha value is -2.06. The van der Waals surface area contributed by atoms with Crippen molar-refractivity contribution >= 4 is 17.4 Å². The Morgan fingerprint density at radius 2 is 2.40 bits per heavy atom. The molecule has 6 heteroatoms. The van der Waals surface area contributed by atoms with Gasteiger partial charge in [0.25, 0.3) is 0 Å². The van der Waals surface area contributed by atoms with E-state index in [2.05, 4.69) is 19.9 Å². The molecule has 2 aromatic heterocycles. The van der Waals surface area contributed by atoms with E-state index < -0.39 is 0 Å². The van der Waals surface area contributed by atoms with E-state index in [4.69, 9.17) is 16.9 Å². The molecule has 5 nitrogen and oxygen atoms in total. The van der Waals surface area contributed by atoms with Crippen LogP contribution in [0.5, 0.6) is 0 Å². The third kappa shape index (κ3) is 2.61. The summed E-state index contributed by atoms with van der Waals surface area (Å²) in [7, 11) is 0. The highest BCUT2D eigenvalue weighted by Crippen LogP contribution is 2.22. The number of nitrogens with zero attached hydrogens (tertiary/aromatic N) is 4. The molecule has 1 N–H and O–H groups in total. The normalized spacial score (nSPS) is 17.3. The van der Waals surface area contributed by atoms with E-state index in [1.165, 1.54) is 6.20 Å². The predicted molar refractivity (Wildman–Crippen MR) is 76.5 cm³/mol. The van der Waals surface area contributed by atoms with Gasteiger partial charge in [-0.25, -0.2) is 9.97 Å². The number of pyridine rings is 1. The summed E-state index contributed by atoms with van der Waals surface area (Å²) >= 11 is 6.10. The molecule has 102 valence electrons. The number of aryl methyl sites for hydroxylation is 1. The van der Waals surface area contributed by atoms with Gasteiger partial charge in [-0.3, -0.25) is 0 Å². The number of hydrogen-bond acceptors (Lipinski definition) is 4. The average molecular weight is 288 g/mol. The fourth-order valence-corrected chi connectivity index (χ4v) is 2.71. The summed E-state index contributed by atoms with van der Waals surface area (Å²) in [5.74, 6) is 2.34. The molecule has 0 saturated heterocycles. The van der Waals surface area contributed by atoms with Crippen molar-refractivity contribution in [1.29, 1.82) is 5.26 Å². The van der Waals surface area contributed by atoms with Crippen molar-refractivity contribution in [2.75, 3.05) is 11.9 Å². The molecule has 0 unspecified atom stereocenters. The lowest BCUT2D eigenvalue weighted by Crippen LogP contribution is -2.26. The minimum absolute atomic E-state index is 0.473. The zero-order chi connectivity index (χ0) is 13.9. The van der Waals surface area contributed by atoms with Crippen LogP contribution in [0.2, 0.25) is 5.02 Å². The number of aromatic nitrogens is 3. The molecule has 1 aliphatic rings. The fraction of sp³-hybridized carbons (Fsp3) is 0.357. The van der Waals surface area contributed by atoms with Crippen LogP contribution in [0.25, 0.3) is 0 Å². The maximum Gasteiger partial charge on any atom is 0.144 e. The number of anilines is 1. The van der Waals surface area contributed by atoms with E-state index in [0.717, 1.165) is 31.8 Å². The van der Waals surface area contributed by atoms with Crippen molar-refractivity contribution in [3.8, 4) is 6.07 Å². The molecule has 2 aromatic rings. The summed E-state index contributed by atoms with van der Waals surface area (Å²) in [5.41, 5.74) is 0.473. The third-order valence-electron chi connectivity index (χ3n) is 3.56. The molecule has 3 heterocycles. The molecule has 0 amide bonds. The molecule has 3 rings (SSSR count). The summed E-state index contributed by atoms with van der Waals surface area (Å²) in [6.07, 6.45) is 7.52. The molecular formula is C14H14ClN5. The Morgan fingerprint density at radius 3 is 3.20 bits per heavy atom. The zero-order valence-corrected chi connectivity index (χ0v) is 11.6. The number of rotatable bonds is 3. The van der Waals surface area contributed by atoms with Crippen molar-refractivity contribution in [3.63, 3.8) is 0 Å². The van der Waals surface area contributed by atoms with E-state index in [9.17, 15) is 0 Å². The van der Waals surface area contributed by atoms with Gasteiger partial charge in [0.15, 0.2) is 0 Å². The molecule has 1 atom stereocenters. The van der Waals surface area contributed by atoms with E-state index in [1.54, 1.807) is 6.07 Å². The first-order valence-corrected chi connectivity index (χ1v) is 6.93. The standard InChI is InChI=1S/C14H14ClN5/c15-12-5-11(6-16)8-19-14(12)18-7-10-1-2-13-17-3-4-20(13)9-10/h3-5,8,10H,1-2,7,9H2,(H,18,19)/t10-/m1/s1. The molecule has 0 aromatic carbocycles. The highest BCUT2D eigenvalue weighted by atomic mass is 35.5. The Morgan fingerprint density at radius 1 is 1.50 bits per heavy atom. The molecular weight excluding hydrogens is 274 g/mol. The second-order valence-corrected chi connectivity index (χ2v) is 5.35. The first-order chi connectivity index (χ1) is 9.76. The quantitative estimate of drug-likeness (QED) is 0.942. The van der Waals surface area contributed by atoms with Crippen molar-refractivity contribution in [2.45, 2.75) is 19.4 Å². The van der Waals surface area contributed by atoms with Crippen LogP contribution in [-0.2, 0) is 13.0 Å². The largest absolute Gasteiger partial charge is 0.368 e. The Bertz CT molecular complexity index is 658. The number of fused-ring (bicyclic) bond motifs is 1. The molecule has 0 aliphatic carbocycles. The number of hydrogen-bond donors (Lipinski definition) is 1. The Balaban J connectivity index is 1.62. The van der Waals surface area contributed by atoms with Gasteiger partial charge >= 0.3 is 0 Å². The highest BCUT2D eigenvalue weighted by Gasteiger charge is 2.18. The third-order valence-corrected chi connectivity index (χ3v) is 3.85. The van der Waals surface area contributed by atoms with Crippen LogP contribution in [0.4, 0.5) is 5.82 Å². The maximum atomic E-state index is 8.78. The predicted octanol–water partition coefficient (Wildman–Crippen LogP) is 2.48. The van der Waals surface area contributed by atoms with Gasteiger partial charge in [-0.1, -0.05) is 11.6 Å². The van der Waals surface area contributed by atoms with Gasteiger partial charge in [0.2, 0.25) is 0 Å². The molecule has 0 fully saturated rings. The number of imidazole rings is 1. The molecule has 0 spiro atoms.